The first kappa shape index (κ1) is 19.4. The highest BCUT2D eigenvalue weighted by Gasteiger charge is 2.34. The van der Waals surface area contributed by atoms with Crippen LogP contribution in [0.2, 0.25) is 13.1 Å². The summed E-state index contributed by atoms with van der Waals surface area (Å²) in [7, 11) is -4.45. The van der Waals surface area contributed by atoms with E-state index in [1.54, 1.807) is 19.2 Å². The van der Waals surface area contributed by atoms with Crippen LogP contribution in [-0.2, 0) is 14.4 Å². The maximum atomic E-state index is 11.8. The number of benzene rings is 1. The molecule has 22 heavy (non-hydrogen) atoms. The Bertz CT molecular complexity index is 574. The predicted octanol–water partition coefficient (Wildman–Crippen LogP) is 3.48. The molecule has 0 spiro atoms. The summed E-state index contributed by atoms with van der Waals surface area (Å²) >= 11 is 0. The van der Waals surface area contributed by atoms with Crippen molar-refractivity contribution in [3.8, 4) is 5.75 Å². The smallest absolute Gasteiger partial charge is 0.357 e. The molecule has 1 atom stereocenters. The maximum Gasteiger partial charge on any atom is 0.357 e. The van der Waals surface area contributed by atoms with Gasteiger partial charge in [0.25, 0.3) is 0 Å². The molecule has 0 fully saturated rings. The third-order valence-electron chi connectivity index (χ3n) is 3.28. The van der Waals surface area contributed by atoms with Gasteiger partial charge in [0.2, 0.25) is 0 Å². The van der Waals surface area contributed by atoms with E-state index >= 15 is 0 Å². The van der Waals surface area contributed by atoms with E-state index in [0.29, 0.717) is 11.3 Å². The molecule has 0 aromatic heterocycles. The van der Waals surface area contributed by atoms with E-state index in [4.69, 9.17) is 9.16 Å². The Hall–Kier alpha value is -0.653. The zero-order valence-corrected chi connectivity index (χ0v) is 16.4. The van der Waals surface area contributed by atoms with Crippen molar-refractivity contribution in [2.45, 2.75) is 52.0 Å². The second kappa shape index (κ2) is 6.85. The predicted molar refractivity (Wildman–Crippen MR) is 91.2 cm³/mol. The molecule has 7 heteroatoms. The van der Waals surface area contributed by atoms with Gasteiger partial charge in [-0.1, -0.05) is 26.8 Å². The first-order valence-electron chi connectivity index (χ1n) is 7.27. The lowest BCUT2D eigenvalue weighted by Gasteiger charge is -2.28. The van der Waals surface area contributed by atoms with Crippen LogP contribution >= 0.6 is 7.60 Å². The number of ether oxygens (including phenoxy) is 1. The van der Waals surface area contributed by atoms with Crippen molar-refractivity contribution < 1.29 is 23.5 Å². The summed E-state index contributed by atoms with van der Waals surface area (Å²) in [6.07, 6.45) is 0. The minimum Gasteiger partial charge on any atom is -0.496 e. The molecule has 1 rings (SSSR count). The van der Waals surface area contributed by atoms with Crippen molar-refractivity contribution in [1.29, 1.82) is 0 Å². The van der Waals surface area contributed by atoms with Gasteiger partial charge in [-0.05, 0) is 42.6 Å². The first-order chi connectivity index (χ1) is 9.87. The van der Waals surface area contributed by atoms with Crippen LogP contribution < -0.4 is 4.74 Å². The van der Waals surface area contributed by atoms with Crippen LogP contribution in [0.3, 0.4) is 0 Å². The maximum absolute atomic E-state index is 11.8. The quantitative estimate of drug-likeness (QED) is 0.630. The molecule has 5 nitrogen and oxygen atoms in total. The average Bonchev–Trinajstić information content (AvgIpc) is 2.31. The van der Waals surface area contributed by atoms with Crippen LogP contribution in [0.25, 0.3) is 0 Å². The van der Waals surface area contributed by atoms with Crippen LogP contribution in [0.1, 0.15) is 43.3 Å². The molecule has 0 aliphatic carbocycles. The van der Waals surface area contributed by atoms with Crippen molar-refractivity contribution in [3.63, 3.8) is 0 Å². The molecule has 0 saturated heterocycles. The van der Waals surface area contributed by atoms with Gasteiger partial charge in [-0.15, -0.1) is 0 Å². The molecule has 1 aromatic rings. The van der Waals surface area contributed by atoms with Gasteiger partial charge in [-0.2, -0.15) is 0 Å². The van der Waals surface area contributed by atoms with E-state index in [-0.39, 0.29) is 5.41 Å². The zero-order chi connectivity index (χ0) is 17.3. The molecule has 0 aliphatic heterocycles. The lowest BCUT2D eigenvalue weighted by Crippen LogP contribution is -2.18. The highest BCUT2D eigenvalue weighted by atomic mass is 31.2. The van der Waals surface area contributed by atoms with Gasteiger partial charge in [0, 0.05) is 5.56 Å². The van der Waals surface area contributed by atoms with Crippen molar-refractivity contribution in [1.82, 2.24) is 0 Å². The molecular weight excluding hydrogens is 319 g/mol. The standard InChI is InChI=1S/C15H27O5PSi/c1-10-8-11(14(20-22(6)7)21(16,17)18)9-12(19-5)13(10)15(2,3)4/h8-9,14,22H,1-7H3,(H2,16,17,18). The fourth-order valence-corrected chi connectivity index (χ4v) is 5.23. The van der Waals surface area contributed by atoms with Crippen LogP contribution in [0, 0.1) is 6.92 Å². The van der Waals surface area contributed by atoms with Crippen molar-refractivity contribution in [2.75, 3.05) is 7.11 Å². The highest BCUT2D eigenvalue weighted by molar-refractivity contribution is 7.52. The molecule has 0 aliphatic rings. The third-order valence-corrected chi connectivity index (χ3v) is 5.36. The van der Waals surface area contributed by atoms with E-state index in [1.165, 1.54) is 0 Å². The molecular formula is C15H27O5PSi. The molecule has 2 N–H and O–H groups in total. The summed E-state index contributed by atoms with van der Waals surface area (Å²) in [6, 6.07) is 3.48. The Morgan fingerprint density at radius 1 is 1.23 bits per heavy atom. The van der Waals surface area contributed by atoms with Crippen LogP contribution in [-0.4, -0.2) is 25.9 Å². The Morgan fingerprint density at radius 3 is 2.14 bits per heavy atom. The Morgan fingerprint density at radius 2 is 1.77 bits per heavy atom. The van der Waals surface area contributed by atoms with Gasteiger partial charge in [0.05, 0.1) is 7.11 Å². The van der Waals surface area contributed by atoms with E-state index < -0.39 is 22.5 Å². The summed E-state index contributed by atoms with van der Waals surface area (Å²) in [5.41, 5.74) is 2.32. The monoisotopic (exact) mass is 346 g/mol. The summed E-state index contributed by atoms with van der Waals surface area (Å²) in [5, 5.41) is 0. The van der Waals surface area contributed by atoms with Crippen LogP contribution in [0.4, 0.5) is 0 Å². The molecule has 1 aromatic carbocycles. The van der Waals surface area contributed by atoms with Gasteiger partial charge in [0.1, 0.15) is 5.75 Å². The van der Waals surface area contributed by atoms with E-state index in [9.17, 15) is 14.4 Å². The first-order valence-corrected chi connectivity index (χ1v) is 11.7. The van der Waals surface area contributed by atoms with Crippen molar-refractivity contribution in [2.24, 2.45) is 0 Å². The van der Waals surface area contributed by atoms with Crippen molar-refractivity contribution >= 4 is 16.6 Å². The van der Waals surface area contributed by atoms with Gasteiger partial charge in [0.15, 0.2) is 14.9 Å². The van der Waals surface area contributed by atoms with Gasteiger partial charge in [-0.3, -0.25) is 4.57 Å². The molecule has 0 saturated carbocycles. The van der Waals surface area contributed by atoms with Gasteiger partial charge < -0.3 is 18.9 Å². The van der Waals surface area contributed by atoms with Gasteiger partial charge >= 0.3 is 7.60 Å². The number of hydrogen-bond acceptors (Lipinski definition) is 3. The van der Waals surface area contributed by atoms with E-state index in [2.05, 4.69) is 20.8 Å². The van der Waals surface area contributed by atoms with Gasteiger partial charge in [-0.25, -0.2) is 0 Å². The number of hydrogen-bond donors (Lipinski definition) is 2. The highest BCUT2D eigenvalue weighted by Crippen LogP contribution is 2.54. The molecule has 1 unspecified atom stereocenters. The summed E-state index contributed by atoms with van der Waals surface area (Å²) in [6.45, 7) is 11.9. The zero-order valence-electron chi connectivity index (χ0n) is 14.4. The number of aryl methyl sites for hydroxylation is 1. The van der Waals surface area contributed by atoms with Crippen molar-refractivity contribution in [3.05, 3.63) is 28.8 Å². The topological polar surface area (TPSA) is 76.0 Å². The summed E-state index contributed by atoms with van der Waals surface area (Å²) < 4.78 is 22.9. The van der Waals surface area contributed by atoms with Crippen LogP contribution in [0.5, 0.6) is 5.75 Å². The van der Waals surface area contributed by atoms with E-state index in [1.807, 2.05) is 20.0 Å². The minimum absolute atomic E-state index is 0.126. The third kappa shape index (κ3) is 4.67. The van der Waals surface area contributed by atoms with Crippen LogP contribution in [0.15, 0.2) is 12.1 Å². The Balaban J connectivity index is 3.48. The number of rotatable bonds is 5. The summed E-state index contributed by atoms with van der Waals surface area (Å²) in [5.74, 6) is -0.587. The molecule has 0 heterocycles. The molecule has 126 valence electrons. The largest absolute Gasteiger partial charge is 0.496 e. The Labute approximate surface area is 134 Å². The second-order valence-corrected chi connectivity index (χ2v) is 10.8. The minimum atomic E-state index is -4.40. The SMILES string of the molecule is COc1cc(C(O[SiH](C)C)P(=O)(O)O)cc(C)c1C(C)(C)C. The Kier molecular flexibility index (Phi) is 6.04. The lowest BCUT2D eigenvalue weighted by molar-refractivity contribution is 0.229. The molecule has 0 bridgehead atoms. The fraction of sp³-hybridized carbons (Fsp3) is 0.600. The average molecular weight is 346 g/mol. The number of methoxy groups -OCH3 is 1. The normalized spacial score (nSPS) is 14.3. The summed E-state index contributed by atoms with van der Waals surface area (Å²) in [4.78, 5) is 19.3. The lowest BCUT2D eigenvalue weighted by atomic mass is 9.82. The molecule has 0 amide bonds. The van der Waals surface area contributed by atoms with E-state index in [0.717, 1.165) is 11.1 Å². The fourth-order valence-electron chi connectivity index (χ4n) is 2.66. The molecule has 0 radical (unpaired) electrons. The second-order valence-electron chi connectivity index (χ2n) is 6.79.